The third-order valence-electron chi connectivity index (χ3n) is 3.65. The van der Waals surface area contributed by atoms with Gasteiger partial charge in [0.2, 0.25) is 0 Å². The van der Waals surface area contributed by atoms with Gasteiger partial charge in [-0.15, -0.1) is 0 Å². The highest BCUT2D eigenvalue weighted by molar-refractivity contribution is 5.93. The molecule has 3 rings (SSSR count). The van der Waals surface area contributed by atoms with Crippen LogP contribution in [0.4, 0.5) is 0 Å². The minimum absolute atomic E-state index is 0.143. The predicted molar refractivity (Wildman–Crippen MR) is 94.0 cm³/mol. The summed E-state index contributed by atoms with van der Waals surface area (Å²) in [4.78, 5) is 18.6. The molecule has 3 aromatic carbocycles. The fraction of sp³-hybridized carbons (Fsp3) is 0.0952. The summed E-state index contributed by atoms with van der Waals surface area (Å²) in [5, 5.41) is 1.43. The van der Waals surface area contributed by atoms with Crippen LogP contribution in [0, 0.1) is 0 Å². The maximum atomic E-state index is 12.8. The zero-order chi connectivity index (χ0) is 16.6. The molecule has 1 amide bonds. The first-order valence-corrected chi connectivity index (χ1v) is 7.90. The van der Waals surface area contributed by atoms with Crippen molar-refractivity contribution < 1.29 is 9.63 Å². The molecule has 0 bridgehead atoms. The fourth-order valence-corrected chi connectivity index (χ4v) is 2.38. The topological polar surface area (TPSA) is 29.5 Å². The van der Waals surface area contributed by atoms with Crippen LogP contribution in [0.2, 0.25) is 0 Å². The van der Waals surface area contributed by atoms with Gasteiger partial charge in [-0.1, -0.05) is 78.9 Å². The Balaban J connectivity index is 1.76. The number of hydroxylamine groups is 2. The van der Waals surface area contributed by atoms with Crippen molar-refractivity contribution in [2.75, 3.05) is 0 Å². The third kappa shape index (κ3) is 4.31. The normalized spacial score (nSPS) is 10.3. The van der Waals surface area contributed by atoms with Gasteiger partial charge in [0.25, 0.3) is 5.91 Å². The lowest BCUT2D eigenvalue weighted by molar-refractivity contribution is -0.140. The molecule has 0 unspecified atom stereocenters. The zero-order valence-electron chi connectivity index (χ0n) is 13.3. The van der Waals surface area contributed by atoms with Crippen molar-refractivity contribution in [2.45, 2.75) is 13.2 Å². The maximum absolute atomic E-state index is 12.8. The Morgan fingerprint density at radius 2 is 1.21 bits per heavy atom. The first kappa shape index (κ1) is 16.0. The van der Waals surface area contributed by atoms with Gasteiger partial charge in [-0.05, 0) is 23.3 Å². The van der Waals surface area contributed by atoms with Crippen LogP contribution in [0.1, 0.15) is 21.5 Å². The van der Waals surface area contributed by atoms with E-state index < -0.39 is 0 Å². The van der Waals surface area contributed by atoms with E-state index in [9.17, 15) is 4.79 Å². The molecule has 0 spiro atoms. The van der Waals surface area contributed by atoms with Crippen LogP contribution in [0.15, 0.2) is 91.0 Å². The van der Waals surface area contributed by atoms with Crippen LogP contribution in [0.5, 0.6) is 0 Å². The minimum Gasteiger partial charge on any atom is -0.267 e. The molecular formula is C21H19NO2. The van der Waals surface area contributed by atoms with E-state index >= 15 is 0 Å². The van der Waals surface area contributed by atoms with E-state index in [0.717, 1.165) is 11.1 Å². The Morgan fingerprint density at radius 3 is 1.79 bits per heavy atom. The summed E-state index contributed by atoms with van der Waals surface area (Å²) < 4.78 is 0. The van der Waals surface area contributed by atoms with Crippen LogP contribution in [0.25, 0.3) is 0 Å². The lowest BCUT2D eigenvalue weighted by Gasteiger charge is -2.22. The van der Waals surface area contributed by atoms with Gasteiger partial charge in [-0.2, -0.15) is 0 Å². The zero-order valence-corrected chi connectivity index (χ0v) is 13.3. The van der Waals surface area contributed by atoms with Crippen LogP contribution >= 0.6 is 0 Å². The highest BCUT2D eigenvalue weighted by atomic mass is 16.7. The second-order valence-corrected chi connectivity index (χ2v) is 5.45. The van der Waals surface area contributed by atoms with Gasteiger partial charge in [-0.25, -0.2) is 5.06 Å². The van der Waals surface area contributed by atoms with Crippen molar-refractivity contribution in [2.24, 2.45) is 0 Å². The van der Waals surface area contributed by atoms with Gasteiger partial charge in [0, 0.05) is 5.56 Å². The molecule has 0 aliphatic rings. The number of carbonyl (C=O) groups is 1. The van der Waals surface area contributed by atoms with Crippen molar-refractivity contribution >= 4 is 5.91 Å². The number of hydrogen-bond donors (Lipinski definition) is 0. The molecule has 0 N–H and O–H groups in total. The van der Waals surface area contributed by atoms with E-state index in [1.807, 2.05) is 78.9 Å². The van der Waals surface area contributed by atoms with E-state index in [-0.39, 0.29) is 5.91 Å². The Morgan fingerprint density at radius 1 is 0.708 bits per heavy atom. The number of carbonyl (C=O) groups excluding carboxylic acids is 1. The van der Waals surface area contributed by atoms with Gasteiger partial charge < -0.3 is 0 Å². The maximum Gasteiger partial charge on any atom is 0.277 e. The average Bonchev–Trinajstić information content (AvgIpc) is 2.67. The van der Waals surface area contributed by atoms with Crippen LogP contribution < -0.4 is 0 Å². The second kappa shape index (κ2) is 8.09. The number of nitrogens with zero attached hydrogens (tertiary/aromatic N) is 1. The molecule has 0 saturated heterocycles. The molecule has 0 radical (unpaired) electrons. The smallest absolute Gasteiger partial charge is 0.267 e. The Labute approximate surface area is 142 Å². The van der Waals surface area contributed by atoms with Crippen molar-refractivity contribution in [1.82, 2.24) is 5.06 Å². The molecule has 3 nitrogen and oxygen atoms in total. The molecule has 120 valence electrons. The average molecular weight is 317 g/mol. The van der Waals surface area contributed by atoms with Gasteiger partial charge in [-0.3, -0.25) is 9.63 Å². The molecule has 3 heteroatoms. The van der Waals surface area contributed by atoms with Crippen molar-refractivity contribution in [1.29, 1.82) is 0 Å². The number of rotatable bonds is 6. The van der Waals surface area contributed by atoms with Crippen LogP contribution in [-0.4, -0.2) is 11.0 Å². The number of hydrogen-bond acceptors (Lipinski definition) is 2. The van der Waals surface area contributed by atoms with E-state index in [2.05, 4.69) is 0 Å². The van der Waals surface area contributed by atoms with Gasteiger partial charge in [0.15, 0.2) is 0 Å². The van der Waals surface area contributed by atoms with E-state index in [1.54, 1.807) is 12.1 Å². The molecule has 0 aliphatic heterocycles. The van der Waals surface area contributed by atoms with Crippen molar-refractivity contribution in [3.63, 3.8) is 0 Å². The molecule has 0 fully saturated rings. The first-order valence-electron chi connectivity index (χ1n) is 7.90. The van der Waals surface area contributed by atoms with Gasteiger partial charge >= 0.3 is 0 Å². The summed E-state index contributed by atoms with van der Waals surface area (Å²) in [5.74, 6) is -0.143. The second-order valence-electron chi connectivity index (χ2n) is 5.45. The quantitative estimate of drug-likeness (QED) is 0.628. The van der Waals surface area contributed by atoms with E-state index in [4.69, 9.17) is 4.84 Å². The monoisotopic (exact) mass is 317 g/mol. The molecule has 0 aromatic heterocycles. The molecule has 24 heavy (non-hydrogen) atoms. The highest BCUT2D eigenvalue weighted by Crippen LogP contribution is 2.13. The van der Waals surface area contributed by atoms with Gasteiger partial charge in [0.05, 0.1) is 6.54 Å². The van der Waals surface area contributed by atoms with Crippen LogP contribution in [0.3, 0.4) is 0 Å². The fourth-order valence-electron chi connectivity index (χ4n) is 2.38. The molecule has 0 saturated carbocycles. The third-order valence-corrected chi connectivity index (χ3v) is 3.65. The number of amides is 1. The SMILES string of the molecule is O=C(c1ccccc1)N(Cc1ccccc1)OCc1ccccc1. The molecule has 0 atom stereocenters. The molecular weight excluding hydrogens is 298 g/mol. The lowest BCUT2D eigenvalue weighted by atomic mass is 10.2. The summed E-state index contributed by atoms with van der Waals surface area (Å²) in [6.45, 7) is 0.758. The first-order chi connectivity index (χ1) is 11.8. The largest absolute Gasteiger partial charge is 0.277 e. The summed E-state index contributed by atoms with van der Waals surface area (Å²) in [7, 11) is 0. The summed E-state index contributed by atoms with van der Waals surface area (Å²) in [6.07, 6.45) is 0. The highest BCUT2D eigenvalue weighted by Gasteiger charge is 2.17. The van der Waals surface area contributed by atoms with Crippen molar-refractivity contribution in [3.8, 4) is 0 Å². The molecule has 3 aromatic rings. The van der Waals surface area contributed by atoms with E-state index in [0.29, 0.717) is 18.7 Å². The minimum atomic E-state index is -0.143. The standard InChI is InChI=1S/C21H19NO2/c23-21(20-14-8-3-9-15-20)22(16-18-10-4-1-5-11-18)24-17-19-12-6-2-7-13-19/h1-15H,16-17H2. The Hall–Kier alpha value is -2.91. The number of benzene rings is 3. The lowest BCUT2D eigenvalue weighted by Crippen LogP contribution is -2.30. The summed E-state index contributed by atoms with van der Waals surface area (Å²) >= 11 is 0. The predicted octanol–water partition coefficient (Wildman–Crippen LogP) is 4.46. The van der Waals surface area contributed by atoms with E-state index in [1.165, 1.54) is 5.06 Å². The van der Waals surface area contributed by atoms with Gasteiger partial charge in [0.1, 0.15) is 6.61 Å². The van der Waals surface area contributed by atoms with Crippen LogP contribution in [-0.2, 0) is 18.0 Å². The summed E-state index contributed by atoms with van der Waals surface area (Å²) in [6, 6.07) is 28.9. The van der Waals surface area contributed by atoms with Crippen molar-refractivity contribution in [3.05, 3.63) is 108 Å². The molecule has 0 heterocycles. The Kier molecular flexibility index (Phi) is 5.38. The molecule has 0 aliphatic carbocycles. The Bertz CT molecular complexity index is 758. The summed E-state index contributed by atoms with van der Waals surface area (Å²) in [5.41, 5.74) is 2.66.